The molecule has 0 radical (unpaired) electrons. The number of halogens is 1. The molecule has 0 aromatic heterocycles. The highest BCUT2D eigenvalue weighted by Gasteiger charge is 2.40. The lowest BCUT2D eigenvalue weighted by Gasteiger charge is -2.18. The number of nitrogens with zero attached hydrogens (tertiary/aromatic N) is 1. The first-order valence-electron chi connectivity index (χ1n) is 8.89. The van der Waals surface area contributed by atoms with Crippen molar-refractivity contribution in [1.82, 2.24) is 0 Å². The Morgan fingerprint density at radius 3 is 2.30 bits per heavy atom. The summed E-state index contributed by atoms with van der Waals surface area (Å²) in [6.07, 6.45) is 0. The Balaban J connectivity index is 1.89. The number of carbonyl (C=O) groups excluding carboxylic acids is 4. The van der Waals surface area contributed by atoms with Gasteiger partial charge >= 0.3 is 11.9 Å². The molecular formula is C21H17ClN2O6. The van der Waals surface area contributed by atoms with E-state index in [1.807, 2.05) is 0 Å². The normalized spacial score (nSPS) is 13.5. The van der Waals surface area contributed by atoms with Crippen LogP contribution in [0.2, 0.25) is 0 Å². The van der Waals surface area contributed by atoms with E-state index < -0.39 is 23.8 Å². The Labute approximate surface area is 177 Å². The zero-order chi connectivity index (χ0) is 21.8. The van der Waals surface area contributed by atoms with Crippen molar-refractivity contribution in [2.75, 3.05) is 23.9 Å². The molecule has 0 spiro atoms. The summed E-state index contributed by atoms with van der Waals surface area (Å²) >= 11 is 6.13. The molecule has 0 aliphatic carbocycles. The molecule has 2 aromatic rings. The Morgan fingerprint density at radius 1 is 1.00 bits per heavy atom. The van der Waals surface area contributed by atoms with E-state index in [0.717, 1.165) is 4.90 Å². The number of nitrogens with one attached hydrogen (secondary N) is 1. The van der Waals surface area contributed by atoms with Crippen LogP contribution in [0.5, 0.6) is 0 Å². The zero-order valence-corrected chi connectivity index (χ0v) is 16.9. The molecule has 0 bridgehead atoms. The largest absolute Gasteiger partial charge is 0.465 e. The van der Waals surface area contributed by atoms with Crippen molar-refractivity contribution in [3.05, 3.63) is 70.4 Å². The highest BCUT2D eigenvalue weighted by Crippen LogP contribution is 2.32. The first-order valence-corrected chi connectivity index (χ1v) is 9.27. The van der Waals surface area contributed by atoms with E-state index >= 15 is 0 Å². The topological polar surface area (TPSA) is 102 Å². The number of benzene rings is 2. The summed E-state index contributed by atoms with van der Waals surface area (Å²) in [5.74, 6) is -2.66. The highest BCUT2D eigenvalue weighted by molar-refractivity contribution is 6.53. The van der Waals surface area contributed by atoms with Gasteiger partial charge < -0.3 is 14.8 Å². The molecule has 0 unspecified atom stereocenters. The second-order valence-corrected chi connectivity index (χ2v) is 6.44. The molecule has 2 amide bonds. The minimum Gasteiger partial charge on any atom is -0.465 e. The van der Waals surface area contributed by atoms with E-state index in [2.05, 4.69) is 10.1 Å². The lowest BCUT2D eigenvalue weighted by atomic mass is 10.1. The van der Waals surface area contributed by atoms with Gasteiger partial charge in [-0.05, 0) is 43.3 Å². The van der Waals surface area contributed by atoms with Crippen LogP contribution in [0, 0.1) is 0 Å². The van der Waals surface area contributed by atoms with Crippen molar-refractivity contribution in [2.24, 2.45) is 0 Å². The van der Waals surface area contributed by atoms with Gasteiger partial charge in [0.2, 0.25) is 0 Å². The molecule has 0 saturated heterocycles. The Hall–Kier alpha value is -3.65. The number of anilines is 2. The maximum absolute atomic E-state index is 13.0. The summed E-state index contributed by atoms with van der Waals surface area (Å²) < 4.78 is 9.64. The molecule has 1 heterocycles. The third kappa shape index (κ3) is 3.90. The molecule has 3 rings (SSSR count). The predicted molar refractivity (Wildman–Crippen MR) is 109 cm³/mol. The van der Waals surface area contributed by atoms with Gasteiger partial charge in [0.1, 0.15) is 10.7 Å². The van der Waals surface area contributed by atoms with Crippen molar-refractivity contribution in [3.8, 4) is 0 Å². The Bertz CT molecular complexity index is 1060. The van der Waals surface area contributed by atoms with Gasteiger partial charge in [0.05, 0.1) is 30.5 Å². The lowest BCUT2D eigenvalue weighted by molar-refractivity contribution is -0.120. The standard InChI is InChI=1S/C21H17ClN2O6/c1-3-30-21(28)14-6-4-5-7-15(14)24-18(25)16(22)17(19(24)26)23-13-10-8-12(9-11-13)20(27)29-2/h4-11,23H,3H2,1-2H3. The van der Waals surface area contributed by atoms with Gasteiger partial charge in [-0.25, -0.2) is 14.5 Å². The van der Waals surface area contributed by atoms with Gasteiger partial charge in [-0.1, -0.05) is 23.7 Å². The van der Waals surface area contributed by atoms with Gasteiger partial charge in [-0.3, -0.25) is 9.59 Å². The van der Waals surface area contributed by atoms with Crippen LogP contribution in [0.15, 0.2) is 59.3 Å². The fraction of sp³-hybridized carbons (Fsp3) is 0.143. The van der Waals surface area contributed by atoms with Crippen LogP contribution in [0.3, 0.4) is 0 Å². The maximum Gasteiger partial charge on any atom is 0.340 e. The number of esters is 2. The summed E-state index contributed by atoms with van der Waals surface area (Å²) in [6.45, 7) is 1.79. The Morgan fingerprint density at radius 2 is 1.67 bits per heavy atom. The molecule has 8 nitrogen and oxygen atoms in total. The average Bonchev–Trinajstić information content (AvgIpc) is 2.97. The molecule has 0 fully saturated rings. The van der Waals surface area contributed by atoms with E-state index in [9.17, 15) is 19.2 Å². The quantitative estimate of drug-likeness (QED) is 0.557. The molecule has 30 heavy (non-hydrogen) atoms. The van der Waals surface area contributed by atoms with Gasteiger partial charge in [-0.2, -0.15) is 0 Å². The van der Waals surface area contributed by atoms with E-state index in [4.69, 9.17) is 16.3 Å². The summed E-state index contributed by atoms with van der Waals surface area (Å²) in [6, 6.07) is 12.2. The maximum atomic E-state index is 13.0. The summed E-state index contributed by atoms with van der Waals surface area (Å²) in [4.78, 5) is 50.2. The van der Waals surface area contributed by atoms with Gasteiger partial charge in [0.25, 0.3) is 11.8 Å². The lowest BCUT2D eigenvalue weighted by Crippen LogP contribution is -2.33. The number of hydrogen-bond donors (Lipinski definition) is 1. The summed E-state index contributed by atoms with van der Waals surface area (Å²) in [7, 11) is 1.27. The first-order chi connectivity index (χ1) is 14.4. The second kappa shape index (κ2) is 8.79. The molecular weight excluding hydrogens is 412 g/mol. The first kappa shape index (κ1) is 21.1. The molecule has 1 N–H and O–H groups in total. The molecule has 0 saturated carbocycles. The number of para-hydroxylation sites is 1. The molecule has 154 valence electrons. The zero-order valence-electron chi connectivity index (χ0n) is 16.1. The van der Waals surface area contributed by atoms with Crippen molar-refractivity contribution in [1.29, 1.82) is 0 Å². The van der Waals surface area contributed by atoms with Crippen LogP contribution >= 0.6 is 11.6 Å². The van der Waals surface area contributed by atoms with Crippen LogP contribution in [-0.2, 0) is 19.1 Å². The van der Waals surface area contributed by atoms with Crippen LogP contribution in [0.4, 0.5) is 11.4 Å². The number of imide groups is 1. The van der Waals surface area contributed by atoms with Crippen molar-refractivity contribution in [2.45, 2.75) is 6.92 Å². The third-order valence-corrected chi connectivity index (χ3v) is 4.59. The number of rotatable bonds is 6. The fourth-order valence-electron chi connectivity index (χ4n) is 2.83. The smallest absolute Gasteiger partial charge is 0.340 e. The summed E-state index contributed by atoms with van der Waals surface area (Å²) in [5, 5.41) is 2.47. The van der Waals surface area contributed by atoms with Crippen LogP contribution in [-0.4, -0.2) is 37.5 Å². The molecule has 1 aliphatic heterocycles. The fourth-order valence-corrected chi connectivity index (χ4v) is 3.04. The number of amides is 2. The molecule has 9 heteroatoms. The van der Waals surface area contributed by atoms with Crippen LogP contribution in [0.1, 0.15) is 27.6 Å². The minimum absolute atomic E-state index is 0.0641. The second-order valence-electron chi connectivity index (χ2n) is 6.07. The predicted octanol–water partition coefficient (Wildman–Crippen LogP) is 3.09. The van der Waals surface area contributed by atoms with Gasteiger partial charge in [0.15, 0.2) is 0 Å². The van der Waals surface area contributed by atoms with Crippen molar-refractivity contribution >= 4 is 46.7 Å². The van der Waals surface area contributed by atoms with Crippen LogP contribution < -0.4 is 10.2 Å². The van der Waals surface area contributed by atoms with Crippen LogP contribution in [0.25, 0.3) is 0 Å². The highest BCUT2D eigenvalue weighted by atomic mass is 35.5. The van der Waals surface area contributed by atoms with Crippen molar-refractivity contribution < 1.29 is 28.7 Å². The Kier molecular flexibility index (Phi) is 6.17. The van der Waals surface area contributed by atoms with Gasteiger partial charge in [0, 0.05) is 5.69 Å². The minimum atomic E-state index is -0.771. The average molecular weight is 429 g/mol. The number of methoxy groups -OCH3 is 1. The summed E-state index contributed by atoms with van der Waals surface area (Å²) in [5.41, 5.74) is 0.738. The van der Waals surface area contributed by atoms with E-state index in [1.165, 1.54) is 43.5 Å². The van der Waals surface area contributed by atoms with E-state index in [1.54, 1.807) is 19.1 Å². The third-order valence-electron chi connectivity index (χ3n) is 4.24. The number of ether oxygens (including phenoxy) is 2. The monoisotopic (exact) mass is 428 g/mol. The molecule has 0 atom stereocenters. The van der Waals surface area contributed by atoms with E-state index in [0.29, 0.717) is 11.3 Å². The SMILES string of the molecule is CCOC(=O)c1ccccc1N1C(=O)C(Cl)=C(Nc2ccc(C(=O)OC)cc2)C1=O. The van der Waals surface area contributed by atoms with E-state index in [-0.39, 0.29) is 28.6 Å². The van der Waals surface area contributed by atoms with Gasteiger partial charge in [-0.15, -0.1) is 0 Å². The number of carbonyl (C=O) groups is 4. The molecule has 1 aliphatic rings. The number of hydrogen-bond acceptors (Lipinski definition) is 7. The van der Waals surface area contributed by atoms with Crippen molar-refractivity contribution in [3.63, 3.8) is 0 Å². The molecule has 2 aromatic carbocycles.